The molecule has 1 aromatic heterocycles. The van der Waals surface area contributed by atoms with Gasteiger partial charge >= 0.3 is 5.97 Å². The van der Waals surface area contributed by atoms with Crippen LogP contribution in [0.2, 0.25) is 10.2 Å². The highest BCUT2D eigenvalue weighted by Gasteiger charge is 2.11. The second-order valence-electron chi connectivity index (χ2n) is 4.13. The number of aromatic nitrogens is 1. The smallest absolute Gasteiger partial charge is 0.306 e. The third-order valence-corrected chi connectivity index (χ3v) is 3.27. The molecule has 1 aromatic rings. The van der Waals surface area contributed by atoms with Crippen molar-refractivity contribution in [2.75, 3.05) is 6.54 Å². The SMILES string of the molecule is CC(CCCNC(=O)c1cnc(Cl)c(Cl)c1)C(=O)O. The summed E-state index contributed by atoms with van der Waals surface area (Å²) < 4.78 is 0. The first-order chi connectivity index (χ1) is 8.91. The molecule has 0 saturated carbocycles. The summed E-state index contributed by atoms with van der Waals surface area (Å²) in [6.07, 6.45) is 2.44. The van der Waals surface area contributed by atoms with Crippen molar-refractivity contribution in [2.45, 2.75) is 19.8 Å². The second-order valence-corrected chi connectivity index (χ2v) is 4.90. The molecule has 1 atom stereocenters. The van der Waals surface area contributed by atoms with Gasteiger partial charge in [0, 0.05) is 12.7 Å². The van der Waals surface area contributed by atoms with Gasteiger partial charge in [-0.25, -0.2) is 4.98 Å². The number of carbonyl (C=O) groups excluding carboxylic acids is 1. The van der Waals surface area contributed by atoms with Crippen LogP contribution in [0, 0.1) is 5.92 Å². The van der Waals surface area contributed by atoms with E-state index in [2.05, 4.69) is 10.3 Å². The number of carboxylic acid groups (broad SMARTS) is 1. The van der Waals surface area contributed by atoms with E-state index in [1.807, 2.05) is 0 Å². The summed E-state index contributed by atoms with van der Waals surface area (Å²) in [5, 5.41) is 11.7. The van der Waals surface area contributed by atoms with Gasteiger partial charge in [0.25, 0.3) is 5.91 Å². The summed E-state index contributed by atoms with van der Waals surface area (Å²) >= 11 is 11.4. The average molecular weight is 305 g/mol. The van der Waals surface area contributed by atoms with Crippen molar-refractivity contribution >= 4 is 35.1 Å². The van der Waals surface area contributed by atoms with Gasteiger partial charge in [-0.1, -0.05) is 30.1 Å². The highest BCUT2D eigenvalue weighted by molar-refractivity contribution is 6.41. The molecule has 7 heteroatoms. The Morgan fingerprint density at radius 3 is 2.74 bits per heavy atom. The van der Waals surface area contributed by atoms with Crippen molar-refractivity contribution < 1.29 is 14.7 Å². The van der Waals surface area contributed by atoms with E-state index in [1.165, 1.54) is 12.3 Å². The summed E-state index contributed by atoms with van der Waals surface area (Å²) in [6.45, 7) is 2.03. The molecule has 0 aliphatic heterocycles. The highest BCUT2D eigenvalue weighted by Crippen LogP contribution is 2.19. The van der Waals surface area contributed by atoms with E-state index in [9.17, 15) is 9.59 Å². The highest BCUT2D eigenvalue weighted by atomic mass is 35.5. The lowest BCUT2D eigenvalue weighted by atomic mass is 10.1. The lowest BCUT2D eigenvalue weighted by Gasteiger charge is -2.07. The molecule has 2 N–H and O–H groups in total. The second kappa shape index (κ2) is 7.31. The third-order valence-electron chi connectivity index (χ3n) is 2.58. The van der Waals surface area contributed by atoms with Crippen molar-refractivity contribution in [1.82, 2.24) is 10.3 Å². The fraction of sp³-hybridized carbons (Fsp3) is 0.417. The first-order valence-electron chi connectivity index (χ1n) is 5.74. The van der Waals surface area contributed by atoms with Gasteiger partial charge in [0.2, 0.25) is 0 Å². The molecule has 104 valence electrons. The van der Waals surface area contributed by atoms with E-state index >= 15 is 0 Å². The molecule has 0 spiro atoms. The van der Waals surface area contributed by atoms with Crippen molar-refractivity contribution in [1.29, 1.82) is 0 Å². The van der Waals surface area contributed by atoms with Gasteiger partial charge in [0.15, 0.2) is 0 Å². The van der Waals surface area contributed by atoms with Crippen LogP contribution < -0.4 is 5.32 Å². The number of amides is 1. The van der Waals surface area contributed by atoms with Gasteiger partial charge in [0.05, 0.1) is 16.5 Å². The number of halogens is 2. The summed E-state index contributed by atoms with van der Waals surface area (Å²) in [6, 6.07) is 1.44. The minimum Gasteiger partial charge on any atom is -0.481 e. The zero-order chi connectivity index (χ0) is 14.4. The van der Waals surface area contributed by atoms with Gasteiger partial charge in [0.1, 0.15) is 5.15 Å². The first kappa shape index (κ1) is 15.7. The van der Waals surface area contributed by atoms with Crippen molar-refractivity contribution in [3.05, 3.63) is 28.0 Å². The first-order valence-corrected chi connectivity index (χ1v) is 6.49. The molecule has 19 heavy (non-hydrogen) atoms. The average Bonchev–Trinajstić information content (AvgIpc) is 2.37. The number of carboxylic acids is 1. The molecule has 0 saturated heterocycles. The minimum absolute atomic E-state index is 0.147. The van der Waals surface area contributed by atoms with Crippen LogP contribution in [-0.4, -0.2) is 28.5 Å². The lowest BCUT2D eigenvalue weighted by molar-refractivity contribution is -0.141. The predicted molar refractivity (Wildman–Crippen MR) is 72.6 cm³/mol. The van der Waals surface area contributed by atoms with E-state index in [0.29, 0.717) is 24.9 Å². The largest absolute Gasteiger partial charge is 0.481 e. The maximum Gasteiger partial charge on any atom is 0.306 e. The molecular weight excluding hydrogens is 291 g/mol. The number of carbonyl (C=O) groups is 2. The Bertz CT molecular complexity index is 480. The van der Waals surface area contributed by atoms with E-state index in [-0.39, 0.29) is 16.1 Å². The van der Waals surface area contributed by atoms with Gasteiger partial charge in [-0.05, 0) is 18.9 Å². The van der Waals surface area contributed by atoms with Crippen LogP contribution in [0.5, 0.6) is 0 Å². The topological polar surface area (TPSA) is 79.3 Å². The molecule has 1 rings (SSSR count). The Morgan fingerprint density at radius 1 is 1.47 bits per heavy atom. The van der Waals surface area contributed by atoms with Crippen LogP contribution in [-0.2, 0) is 4.79 Å². The maximum atomic E-state index is 11.7. The van der Waals surface area contributed by atoms with E-state index < -0.39 is 11.9 Å². The van der Waals surface area contributed by atoms with Crippen LogP contribution in [0.25, 0.3) is 0 Å². The Balaban J connectivity index is 2.39. The maximum absolute atomic E-state index is 11.7. The molecule has 5 nitrogen and oxygen atoms in total. The van der Waals surface area contributed by atoms with E-state index in [4.69, 9.17) is 28.3 Å². The van der Waals surface area contributed by atoms with Crippen LogP contribution in [0.4, 0.5) is 0 Å². The molecule has 0 radical (unpaired) electrons. The Labute approximate surface area is 120 Å². The van der Waals surface area contributed by atoms with Gasteiger partial charge in [-0.3, -0.25) is 9.59 Å². The molecule has 0 fully saturated rings. The molecule has 0 aromatic carbocycles. The van der Waals surface area contributed by atoms with Gasteiger partial charge < -0.3 is 10.4 Å². The van der Waals surface area contributed by atoms with E-state index in [1.54, 1.807) is 6.92 Å². The number of aliphatic carboxylic acids is 1. The molecule has 0 aliphatic carbocycles. The number of hydrogen-bond donors (Lipinski definition) is 2. The van der Waals surface area contributed by atoms with Crippen LogP contribution in [0.1, 0.15) is 30.1 Å². The van der Waals surface area contributed by atoms with Crippen LogP contribution in [0.3, 0.4) is 0 Å². The quantitative estimate of drug-likeness (QED) is 0.625. The summed E-state index contributed by atoms with van der Waals surface area (Å²) in [4.78, 5) is 26.1. The Kier molecular flexibility index (Phi) is 6.05. The lowest BCUT2D eigenvalue weighted by Crippen LogP contribution is -2.25. The standard InChI is InChI=1S/C12H14Cl2N2O3/c1-7(12(18)19)3-2-4-15-11(17)8-5-9(13)10(14)16-6-8/h5-7H,2-4H2,1H3,(H,15,17)(H,18,19). The summed E-state index contributed by atoms with van der Waals surface area (Å²) in [5.41, 5.74) is 0.320. The number of hydrogen-bond acceptors (Lipinski definition) is 3. The third kappa shape index (κ3) is 5.04. The molecule has 1 unspecified atom stereocenters. The van der Waals surface area contributed by atoms with Crippen LogP contribution in [0.15, 0.2) is 12.3 Å². The zero-order valence-corrected chi connectivity index (χ0v) is 11.8. The van der Waals surface area contributed by atoms with Crippen molar-refractivity contribution in [3.8, 4) is 0 Å². The molecule has 0 bridgehead atoms. The number of rotatable bonds is 6. The number of nitrogens with zero attached hydrogens (tertiary/aromatic N) is 1. The molecule has 0 aliphatic rings. The van der Waals surface area contributed by atoms with Gasteiger partial charge in [-0.2, -0.15) is 0 Å². The molecule has 1 heterocycles. The Hall–Kier alpha value is -1.33. The summed E-state index contributed by atoms with van der Waals surface area (Å²) in [7, 11) is 0. The number of nitrogens with one attached hydrogen (secondary N) is 1. The monoisotopic (exact) mass is 304 g/mol. The van der Waals surface area contributed by atoms with Crippen molar-refractivity contribution in [3.63, 3.8) is 0 Å². The Morgan fingerprint density at radius 2 is 2.16 bits per heavy atom. The van der Waals surface area contributed by atoms with Gasteiger partial charge in [-0.15, -0.1) is 0 Å². The normalized spacial score (nSPS) is 11.9. The minimum atomic E-state index is -0.833. The summed E-state index contributed by atoms with van der Waals surface area (Å²) in [5.74, 6) is -1.56. The fourth-order valence-corrected chi connectivity index (χ4v) is 1.65. The molecule has 1 amide bonds. The van der Waals surface area contributed by atoms with Crippen molar-refractivity contribution in [2.24, 2.45) is 5.92 Å². The number of pyridine rings is 1. The van der Waals surface area contributed by atoms with E-state index in [0.717, 1.165) is 0 Å². The predicted octanol–water partition coefficient (Wildman–Crippen LogP) is 2.62. The molecular formula is C12H14Cl2N2O3. The zero-order valence-electron chi connectivity index (χ0n) is 10.3. The fourth-order valence-electron chi connectivity index (χ4n) is 1.38. The van der Waals surface area contributed by atoms with Crippen LogP contribution >= 0.6 is 23.2 Å².